The quantitative estimate of drug-likeness (QED) is 0.786. The molecule has 1 aromatic heterocycles. The molecule has 3 heteroatoms. The van der Waals surface area contributed by atoms with Gasteiger partial charge in [-0.15, -0.1) is 0 Å². The summed E-state index contributed by atoms with van der Waals surface area (Å²) in [4.78, 5) is 4.49. The summed E-state index contributed by atoms with van der Waals surface area (Å²) in [6, 6.07) is 7.81. The van der Waals surface area contributed by atoms with Gasteiger partial charge in [0.15, 0.2) is 5.58 Å². The first-order valence-corrected chi connectivity index (χ1v) is 5.57. The summed E-state index contributed by atoms with van der Waals surface area (Å²) in [7, 11) is 0. The SMILES string of the molecule is CC(S)C(C)(C)c1nc2ccccc2o1. The minimum atomic E-state index is -0.151. The summed E-state index contributed by atoms with van der Waals surface area (Å²) < 4.78 is 5.73. The number of nitrogens with zero attached hydrogens (tertiary/aromatic N) is 1. The average Bonchev–Trinajstić information content (AvgIpc) is 2.61. The van der Waals surface area contributed by atoms with Gasteiger partial charge in [-0.2, -0.15) is 12.6 Å². The van der Waals surface area contributed by atoms with E-state index < -0.39 is 0 Å². The van der Waals surface area contributed by atoms with Gasteiger partial charge < -0.3 is 4.42 Å². The Kier molecular flexibility index (Phi) is 2.51. The van der Waals surface area contributed by atoms with Crippen molar-refractivity contribution in [2.45, 2.75) is 31.4 Å². The number of hydrogen-bond donors (Lipinski definition) is 1. The molecule has 2 nitrogen and oxygen atoms in total. The highest BCUT2D eigenvalue weighted by Gasteiger charge is 2.30. The molecule has 0 amide bonds. The third-order valence-corrected chi connectivity index (χ3v) is 3.54. The van der Waals surface area contributed by atoms with E-state index in [9.17, 15) is 0 Å². The molecule has 0 aliphatic heterocycles. The molecule has 1 atom stereocenters. The van der Waals surface area contributed by atoms with Crippen LogP contribution in [0, 0.1) is 0 Å². The van der Waals surface area contributed by atoms with Crippen LogP contribution in [0.1, 0.15) is 26.7 Å². The van der Waals surface area contributed by atoms with Gasteiger partial charge in [-0.1, -0.05) is 32.9 Å². The molecule has 0 radical (unpaired) electrons. The Hall–Kier alpha value is -0.960. The van der Waals surface area contributed by atoms with Gasteiger partial charge in [-0.25, -0.2) is 4.98 Å². The highest BCUT2D eigenvalue weighted by atomic mass is 32.1. The van der Waals surface area contributed by atoms with Gasteiger partial charge in [0.1, 0.15) is 5.52 Å². The van der Waals surface area contributed by atoms with Crippen LogP contribution in [-0.4, -0.2) is 10.2 Å². The molecule has 0 aliphatic rings. The van der Waals surface area contributed by atoms with Crippen molar-refractivity contribution in [3.8, 4) is 0 Å². The van der Waals surface area contributed by atoms with E-state index in [0.717, 1.165) is 17.0 Å². The van der Waals surface area contributed by atoms with E-state index in [-0.39, 0.29) is 10.7 Å². The van der Waals surface area contributed by atoms with E-state index >= 15 is 0 Å². The molecule has 0 saturated heterocycles. The smallest absolute Gasteiger partial charge is 0.202 e. The number of oxazole rings is 1. The lowest BCUT2D eigenvalue weighted by Gasteiger charge is -2.24. The Bertz CT molecular complexity index is 440. The van der Waals surface area contributed by atoms with Crippen molar-refractivity contribution in [3.63, 3.8) is 0 Å². The molecular weight excluding hydrogens is 206 g/mol. The Balaban J connectivity index is 2.53. The summed E-state index contributed by atoms with van der Waals surface area (Å²) in [5.74, 6) is 0.756. The number of thiol groups is 1. The first kappa shape index (κ1) is 10.6. The zero-order chi connectivity index (χ0) is 11.1. The van der Waals surface area contributed by atoms with Gasteiger partial charge in [0.05, 0.1) is 5.41 Å². The molecule has 2 aromatic rings. The van der Waals surface area contributed by atoms with E-state index in [4.69, 9.17) is 4.42 Å². The lowest BCUT2D eigenvalue weighted by atomic mass is 9.90. The van der Waals surface area contributed by atoms with E-state index in [1.165, 1.54) is 0 Å². The molecule has 1 aromatic carbocycles. The van der Waals surface area contributed by atoms with E-state index in [0.29, 0.717) is 0 Å². The summed E-state index contributed by atoms with van der Waals surface area (Å²) in [5, 5.41) is 0.200. The van der Waals surface area contributed by atoms with Gasteiger partial charge in [-0.3, -0.25) is 0 Å². The van der Waals surface area contributed by atoms with Crippen LogP contribution in [-0.2, 0) is 5.41 Å². The maximum absolute atomic E-state index is 5.73. The standard InChI is InChI=1S/C12H15NOS/c1-8(15)12(2,3)11-13-9-6-4-5-7-10(9)14-11/h4-8,15H,1-3H3. The Labute approximate surface area is 95.1 Å². The molecule has 80 valence electrons. The van der Waals surface area contributed by atoms with Crippen LogP contribution in [0.3, 0.4) is 0 Å². The van der Waals surface area contributed by atoms with Crippen molar-refractivity contribution in [1.29, 1.82) is 0 Å². The van der Waals surface area contributed by atoms with Crippen molar-refractivity contribution in [2.24, 2.45) is 0 Å². The largest absolute Gasteiger partial charge is 0.440 e. The van der Waals surface area contributed by atoms with Gasteiger partial charge in [0.25, 0.3) is 0 Å². The predicted molar refractivity (Wildman–Crippen MR) is 65.5 cm³/mol. The number of hydrogen-bond acceptors (Lipinski definition) is 3. The first-order valence-electron chi connectivity index (χ1n) is 5.06. The van der Waals surface area contributed by atoms with Crippen LogP contribution in [0.2, 0.25) is 0 Å². The molecular formula is C12H15NOS. The van der Waals surface area contributed by atoms with Gasteiger partial charge in [-0.05, 0) is 12.1 Å². The minimum absolute atomic E-state index is 0.151. The normalized spacial score (nSPS) is 14.4. The molecule has 0 N–H and O–H groups in total. The summed E-state index contributed by atoms with van der Waals surface area (Å²) >= 11 is 4.47. The highest BCUT2D eigenvalue weighted by molar-refractivity contribution is 7.81. The topological polar surface area (TPSA) is 26.0 Å². The second kappa shape index (κ2) is 3.56. The van der Waals surface area contributed by atoms with Crippen molar-refractivity contribution in [2.75, 3.05) is 0 Å². The molecule has 0 aliphatic carbocycles. The molecule has 1 unspecified atom stereocenters. The van der Waals surface area contributed by atoms with Crippen molar-refractivity contribution in [1.82, 2.24) is 4.98 Å². The molecule has 0 bridgehead atoms. The van der Waals surface area contributed by atoms with Crippen LogP contribution < -0.4 is 0 Å². The average molecular weight is 221 g/mol. The predicted octanol–water partition coefficient (Wildman–Crippen LogP) is 3.42. The van der Waals surface area contributed by atoms with Gasteiger partial charge in [0, 0.05) is 5.25 Å². The maximum atomic E-state index is 5.73. The zero-order valence-corrected chi connectivity index (χ0v) is 10.1. The lowest BCUT2D eigenvalue weighted by Crippen LogP contribution is -2.27. The van der Waals surface area contributed by atoms with Gasteiger partial charge >= 0.3 is 0 Å². The second-order valence-corrected chi connectivity index (χ2v) is 5.16. The fraction of sp³-hybridized carbons (Fsp3) is 0.417. The highest BCUT2D eigenvalue weighted by Crippen LogP contribution is 2.31. The summed E-state index contributed by atoms with van der Waals surface area (Å²) in [6.45, 7) is 6.24. The Morgan fingerprint density at radius 2 is 2.00 bits per heavy atom. The third-order valence-electron chi connectivity index (χ3n) is 2.89. The number of aromatic nitrogens is 1. The Morgan fingerprint density at radius 1 is 1.33 bits per heavy atom. The molecule has 15 heavy (non-hydrogen) atoms. The molecule has 1 heterocycles. The van der Waals surface area contributed by atoms with E-state index in [1.54, 1.807) is 0 Å². The zero-order valence-electron chi connectivity index (χ0n) is 9.19. The monoisotopic (exact) mass is 221 g/mol. The Morgan fingerprint density at radius 3 is 2.60 bits per heavy atom. The van der Waals surface area contributed by atoms with Crippen molar-refractivity contribution >= 4 is 23.7 Å². The fourth-order valence-electron chi connectivity index (χ4n) is 1.33. The van der Waals surface area contributed by atoms with Crippen molar-refractivity contribution in [3.05, 3.63) is 30.2 Å². The molecule has 2 rings (SSSR count). The summed E-state index contributed by atoms with van der Waals surface area (Å²) in [6.07, 6.45) is 0. The second-order valence-electron chi connectivity index (χ2n) is 4.38. The first-order chi connectivity index (χ1) is 7.01. The molecule has 0 saturated carbocycles. The van der Waals surface area contributed by atoms with Crippen LogP contribution in [0.5, 0.6) is 0 Å². The van der Waals surface area contributed by atoms with Gasteiger partial charge in [0.2, 0.25) is 5.89 Å². The number of benzene rings is 1. The van der Waals surface area contributed by atoms with Crippen molar-refractivity contribution < 1.29 is 4.42 Å². The lowest BCUT2D eigenvalue weighted by molar-refractivity contribution is 0.382. The molecule has 0 spiro atoms. The summed E-state index contributed by atoms with van der Waals surface area (Å²) in [5.41, 5.74) is 1.60. The van der Waals surface area contributed by atoms with E-state index in [1.807, 2.05) is 24.3 Å². The number of rotatable bonds is 2. The number of para-hydroxylation sites is 2. The van der Waals surface area contributed by atoms with Crippen LogP contribution >= 0.6 is 12.6 Å². The number of fused-ring (bicyclic) bond motifs is 1. The van der Waals surface area contributed by atoms with E-state index in [2.05, 4.69) is 38.4 Å². The van der Waals surface area contributed by atoms with Crippen LogP contribution in [0.4, 0.5) is 0 Å². The molecule has 0 fully saturated rings. The van der Waals surface area contributed by atoms with Crippen LogP contribution in [0.15, 0.2) is 28.7 Å². The minimum Gasteiger partial charge on any atom is -0.440 e. The van der Waals surface area contributed by atoms with Crippen LogP contribution in [0.25, 0.3) is 11.1 Å². The third kappa shape index (κ3) is 1.76. The maximum Gasteiger partial charge on any atom is 0.202 e. The fourth-order valence-corrected chi connectivity index (χ4v) is 1.44.